The summed E-state index contributed by atoms with van der Waals surface area (Å²) in [6.45, 7) is 0. The van der Waals surface area contributed by atoms with Crippen LogP contribution in [0.15, 0.2) is 24.5 Å². The molecule has 2 rings (SSSR count). The minimum atomic E-state index is -4.54. The van der Waals surface area contributed by atoms with Gasteiger partial charge in [0.1, 0.15) is 5.69 Å². The molecule has 2 aromatic heterocycles. The number of aromatic nitrogens is 3. The van der Waals surface area contributed by atoms with E-state index in [0.29, 0.717) is 0 Å². The zero-order valence-electron chi connectivity index (χ0n) is 10.1. The Labute approximate surface area is 116 Å². The maximum Gasteiger partial charge on any atom is 0.433 e. The molecule has 2 aromatic rings. The number of nitrogens with zero attached hydrogens (tertiary/aromatic N) is 3. The Morgan fingerprint density at radius 2 is 2.10 bits per heavy atom. The zero-order valence-corrected chi connectivity index (χ0v) is 10.8. The van der Waals surface area contributed by atoms with Crippen LogP contribution >= 0.6 is 11.6 Å². The number of anilines is 1. The normalized spacial score (nSPS) is 11.4. The van der Waals surface area contributed by atoms with Crippen molar-refractivity contribution in [2.45, 2.75) is 6.18 Å². The fraction of sp³-hybridized carbons (Fsp3) is 0.182. The molecule has 0 radical (unpaired) electrons. The van der Waals surface area contributed by atoms with Crippen LogP contribution in [-0.4, -0.2) is 20.7 Å². The first kappa shape index (κ1) is 14.3. The number of carbonyl (C=O) groups excluding carboxylic acids is 1. The summed E-state index contributed by atoms with van der Waals surface area (Å²) in [6, 6.07) is 1.77. The SMILES string of the molecule is Cn1cc(NC(=O)c2ccc(C(F)(F)F)nc2)c(Cl)n1. The molecule has 0 aliphatic carbocycles. The van der Waals surface area contributed by atoms with E-state index in [1.54, 1.807) is 7.05 Å². The number of pyridine rings is 1. The number of hydrogen-bond acceptors (Lipinski definition) is 3. The number of rotatable bonds is 2. The van der Waals surface area contributed by atoms with Gasteiger partial charge in [-0.05, 0) is 12.1 Å². The summed E-state index contributed by atoms with van der Waals surface area (Å²) in [7, 11) is 1.61. The number of hydrogen-bond donors (Lipinski definition) is 1. The number of carbonyl (C=O) groups is 1. The highest BCUT2D eigenvalue weighted by Gasteiger charge is 2.32. The standard InChI is InChI=1S/C11H8ClF3N4O/c1-19-5-7(9(12)18-19)17-10(20)6-2-3-8(16-4-6)11(13,14)15/h2-5H,1H3,(H,17,20). The van der Waals surface area contributed by atoms with E-state index in [0.717, 1.165) is 18.3 Å². The van der Waals surface area contributed by atoms with Crippen LogP contribution in [0.3, 0.4) is 0 Å². The number of alkyl halides is 3. The molecular formula is C11H8ClF3N4O. The van der Waals surface area contributed by atoms with Gasteiger partial charge in [-0.2, -0.15) is 18.3 Å². The van der Waals surface area contributed by atoms with Gasteiger partial charge in [0.05, 0.1) is 11.3 Å². The Kier molecular flexibility index (Phi) is 3.67. The van der Waals surface area contributed by atoms with Gasteiger partial charge in [0.25, 0.3) is 5.91 Å². The van der Waals surface area contributed by atoms with Crippen LogP contribution in [-0.2, 0) is 13.2 Å². The molecule has 0 atom stereocenters. The first-order valence-electron chi connectivity index (χ1n) is 5.31. The number of halogens is 4. The lowest BCUT2D eigenvalue weighted by Gasteiger charge is -2.06. The van der Waals surface area contributed by atoms with Crippen molar-refractivity contribution in [2.75, 3.05) is 5.32 Å². The number of amides is 1. The predicted octanol–water partition coefficient (Wildman–Crippen LogP) is 2.74. The molecule has 0 aliphatic heterocycles. The molecule has 2 heterocycles. The lowest BCUT2D eigenvalue weighted by atomic mass is 10.2. The summed E-state index contributed by atoms with van der Waals surface area (Å²) in [6.07, 6.45) is -2.22. The first-order valence-corrected chi connectivity index (χ1v) is 5.69. The minimum absolute atomic E-state index is 0.0158. The van der Waals surface area contributed by atoms with E-state index in [1.165, 1.54) is 10.9 Å². The molecule has 1 amide bonds. The van der Waals surface area contributed by atoms with Crippen molar-refractivity contribution in [3.8, 4) is 0 Å². The average molecular weight is 305 g/mol. The molecule has 1 N–H and O–H groups in total. The lowest BCUT2D eigenvalue weighted by Crippen LogP contribution is -2.14. The molecule has 0 saturated heterocycles. The Balaban J connectivity index is 2.16. The third-order valence-electron chi connectivity index (χ3n) is 2.35. The summed E-state index contributed by atoms with van der Waals surface area (Å²) in [4.78, 5) is 15.0. The van der Waals surface area contributed by atoms with Crippen molar-refractivity contribution < 1.29 is 18.0 Å². The molecule has 0 bridgehead atoms. The lowest BCUT2D eigenvalue weighted by molar-refractivity contribution is -0.141. The summed E-state index contributed by atoms with van der Waals surface area (Å²) in [5, 5.41) is 6.32. The van der Waals surface area contributed by atoms with Crippen molar-refractivity contribution in [1.29, 1.82) is 0 Å². The molecule has 0 fully saturated rings. The van der Waals surface area contributed by atoms with Gasteiger partial charge >= 0.3 is 6.18 Å². The van der Waals surface area contributed by atoms with Gasteiger partial charge in [-0.3, -0.25) is 14.5 Å². The maximum atomic E-state index is 12.3. The van der Waals surface area contributed by atoms with Gasteiger partial charge < -0.3 is 5.32 Å². The van der Waals surface area contributed by atoms with Crippen LogP contribution in [0.2, 0.25) is 5.15 Å². The molecule has 0 aliphatic rings. The molecule has 106 valence electrons. The molecule has 0 spiro atoms. The molecule has 0 unspecified atom stereocenters. The molecule has 0 aromatic carbocycles. The Morgan fingerprint density at radius 3 is 2.55 bits per heavy atom. The largest absolute Gasteiger partial charge is 0.433 e. The molecule has 9 heteroatoms. The summed E-state index contributed by atoms with van der Waals surface area (Å²) < 4.78 is 38.4. The molecule has 5 nitrogen and oxygen atoms in total. The second-order valence-corrected chi connectivity index (χ2v) is 4.25. The van der Waals surface area contributed by atoms with Crippen LogP contribution < -0.4 is 5.32 Å². The monoisotopic (exact) mass is 304 g/mol. The van der Waals surface area contributed by atoms with E-state index in [2.05, 4.69) is 15.4 Å². The van der Waals surface area contributed by atoms with E-state index in [9.17, 15) is 18.0 Å². The van der Waals surface area contributed by atoms with E-state index in [1.807, 2.05) is 0 Å². The van der Waals surface area contributed by atoms with Crippen molar-refractivity contribution >= 4 is 23.2 Å². The van der Waals surface area contributed by atoms with Gasteiger partial charge in [-0.25, -0.2) is 0 Å². The molecular weight excluding hydrogens is 297 g/mol. The Hall–Kier alpha value is -2.09. The van der Waals surface area contributed by atoms with E-state index >= 15 is 0 Å². The van der Waals surface area contributed by atoms with E-state index in [4.69, 9.17) is 11.6 Å². The van der Waals surface area contributed by atoms with Gasteiger partial charge in [-0.15, -0.1) is 0 Å². The van der Waals surface area contributed by atoms with E-state index < -0.39 is 17.8 Å². The Morgan fingerprint density at radius 1 is 1.40 bits per heavy atom. The van der Waals surface area contributed by atoms with Gasteiger partial charge in [-0.1, -0.05) is 11.6 Å². The predicted molar refractivity (Wildman–Crippen MR) is 65.4 cm³/mol. The van der Waals surface area contributed by atoms with Gasteiger partial charge in [0, 0.05) is 19.4 Å². The molecule has 20 heavy (non-hydrogen) atoms. The zero-order chi connectivity index (χ0) is 14.9. The van der Waals surface area contributed by atoms with Crippen molar-refractivity contribution in [3.63, 3.8) is 0 Å². The third kappa shape index (κ3) is 3.08. The fourth-order valence-electron chi connectivity index (χ4n) is 1.44. The Bertz CT molecular complexity index is 636. The topological polar surface area (TPSA) is 59.8 Å². The second-order valence-electron chi connectivity index (χ2n) is 3.89. The number of nitrogens with one attached hydrogen (secondary N) is 1. The smallest absolute Gasteiger partial charge is 0.318 e. The minimum Gasteiger partial charge on any atom is -0.318 e. The van der Waals surface area contributed by atoms with Crippen LogP contribution in [0, 0.1) is 0 Å². The van der Waals surface area contributed by atoms with Crippen molar-refractivity contribution in [3.05, 3.63) is 40.9 Å². The van der Waals surface area contributed by atoms with Gasteiger partial charge in [0.2, 0.25) is 0 Å². The summed E-state index contributed by atoms with van der Waals surface area (Å²) in [5.74, 6) is -0.624. The summed E-state index contributed by atoms with van der Waals surface area (Å²) in [5.41, 5.74) is -0.814. The van der Waals surface area contributed by atoms with Crippen LogP contribution in [0.25, 0.3) is 0 Å². The van der Waals surface area contributed by atoms with Crippen LogP contribution in [0.1, 0.15) is 16.1 Å². The van der Waals surface area contributed by atoms with Gasteiger partial charge in [0.15, 0.2) is 5.15 Å². The highest BCUT2D eigenvalue weighted by molar-refractivity contribution is 6.32. The summed E-state index contributed by atoms with van der Waals surface area (Å²) >= 11 is 5.75. The average Bonchev–Trinajstić information content (AvgIpc) is 2.67. The second kappa shape index (κ2) is 5.12. The van der Waals surface area contributed by atoms with Crippen LogP contribution in [0.5, 0.6) is 0 Å². The van der Waals surface area contributed by atoms with E-state index in [-0.39, 0.29) is 16.4 Å². The highest BCUT2D eigenvalue weighted by Crippen LogP contribution is 2.27. The maximum absolute atomic E-state index is 12.3. The third-order valence-corrected chi connectivity index (χ3v) is 2.63. The van der Waals surface area contributed by atoms with Crippen LogP contribution in [0.4, 0.5) is 18.9 Å². The molecule has 0 saturated carbocycles. The quantitative estimate of drug-likeness (QED) is 0.928. The highest BCUT2D eigenvalue weighted by atomic mass is 35.5. The van der Waals surface area contributed by atoms with Crippen molar-refractivity contribution in [2.24, 2.45) is 7.05 Å². The first-order chi connectivity index (χ1) is 9.27. The fourth-order valence-corrected chi connectivity index (χ4v) is 1.65. The van der Waals surface area contributed by atoms with Crippen molar-refractivity contribution in [1.82, 2.24) is 14.8 Å². The number of aryl methyl sites for hydroxylation is 1.